The molecule has 20 heavy (non-hydrogen) atoms. The van der Waals surface area contributed by atoms with E-state index in [1.165, 1.54) is 0 Å². The second-order valence-electron chi connectivity index (χ2n) is 4.41. The van der Waals surface area contributed by atoms with Crippen LogP contribution in [0.2, 0.25) is 0 Å². The van der Waals surface area contributed by atoms with Crippen LogP contribution in [0.5, 0.6) is 0 Å². The molecule has 0 radical (unpaired) electrons. The van der Waals surface area contributed by atoms with Gasteiger partial charge >= 0.3 is 12.4 Å². The Hall–Kier alpha value is -1.73. The monoisotopic (exact) mass is 297 g/mol. The number of anilines is 1. The third kappa shape index (κ3) is 2.88. The molecule has 0 atom stereocenters. The average Bonchev–Trinajstić information content (AvgIpc) is 2.72. The average molecular weight is 297 g/mol. The van der Waals surface area contributed by atoms with Crippen molar-refractivity contribution in [1.82, 2.24) is 0 Å². The van der Waals surface area contributed by atoms with Gasteiger partial charge in [-0.05, 0) is 24.6 Å². The van der Waals surface area contributed by atoms with Crippen molar-refractivity contribution in [2.75, 3.05) is 11.4 Å². The van der Waals surface area contributed by atoms with Gasteiger partial charge in [-0.15, -0.1) is 0 Å². The summed E-state index contributed by atoms with van der Waals surface area (Å²) in [7, 11) is 0. The van der Waals surface area contributed by atoms with Crippen LogP contribution in [-0.4, -0.2) is 12.5 Å². The van der Waals surface area contributed by atoms with Crippen LogP contribution in [0.25, 0.3) is 0 Å². The highest BCUT2D eigenvalue weighted by atomic mass is 19.4. The van der Waals surface area contributed by atoms with Gasteiger partial charge in [-0.1, -0.05) is 0 Å². The summed E-state index contributed by atoms with van der Waals surface area (Å²) in [4.78, 5) is 12.4. The fourth-order valence-corrected chi connectivity index (χ4v) is 2.02. The molecule has 0 aliphatic carbocycles. The van der Waals surface area contributed by atoms with Crippen LogP contribution in [0.3, 0.4) is 0 Å². The van der Waals surface area contributed by atoms with Gasteiger partial charge in [0.05, 0.1) is 11.1 Å². The van der Waals surface area contributed by atoms with Crippen molar-refractivity contribution >= 4 is 11.6 Å². The molecule has 8 heteroatoms. The zero-order valence-electron chi connectivity index (χ0n) is 9.98. The van der Waals surface area contributed by atoms with Crippen molar-refractivity contribution in [3.63, 3.8) is 0 Å². The highest BCUT2D eigenvalue weighted by molar-refractivity contribution is 5.95. The molecule has 1 aliphatic rings. The van der Waals surface area contributed by atoms with Crippen LogP contribution in [0, 0.1) is 0 Å². The zero-order valence-corrected chi connectivity index (χ0v) is 9.98. The first-order valence-corrected chi connectivity index (χ1v) is 5.69. The first-order chi connectivity index (χ1) is 9.09. The smallest absolute Gasteiger partial charge is 0.312 e. The summed E-state index contributed by atoms with van der Waals surface area (Å²) < 4.78 is 75.9. The molecular formula is C12H9F6NO. The topological polar surface area (TPSA) is 20.3 Å². The largest absolute Gasteiger partial charge is 0.416 e. The maximum absolute atomic E-state index is 12.6. The number of carbonyl (C=O) groups excluding carboxylic acids is 1. The lowest BCUT2D eigenvalue weighted by molar-refractivity contribution is -0.143. The predicted molar refractivity (Wildman–Crippen MR) is 58.0 cm³/mol. The van der Waals surface area contributed by atoms with Gasteiger partial charge in [0.25, 0.3) is 0 Å². The van der Waals surface area contributed by atoms with Crippen molar-refractivity contribution in [3.05, 3.63) is 29.3 Å². The number of benzene rings is 1. The summed E-state index contributed by atoms with van der Waals surface area (Å²) in [6.07, 6.45) is -9.27. The number of rotatable bonds is 1. The van der Waals surface area contributed by atoms with Gasteiger partial charge in [-0.2, -0.15) is 26.3 Å². The number of hydrogen-bond acceptors (Lipinski definition) is 1. The van der Waals surface area contributed by atoms with Crippen molar-refractivity contribution < 1.29 is 31.1 Å². The molecule has 2 rings (SSSR count). The molecule has 1 amide bonds. The Kier molecular flexibility index (Phi) is 3.43. The molecule has 0 unspecified atom stereocenters. The highest BCUT2D eigenvalue weighted by Gasteiger charge is 2.38. The molecular weight excluding hydrogens is 288 g/mol. The fourth-order valence-electron chi connectivity index (χ4n) is 2.02. The Balaban J connectivity index is 2.54. The molecule has 0 spiro atoms. The summed E-state index contributed by atoms with van der Waals surface area (Å²) in [6, 6.07) is 1.18. The van der Waals surface area contributed by atoms with Crippen LogP contribution < -0.4 is 4.90 Å². The molecule has 0 saturated carbocycles. The molecule has 1 fully saturated rings. The number of carbonyl (C=O) groups is 1. The Bertz CT molecular complexity index is 501. The maximum atomic E-state index is 12.6. The van der Waals surface area contributed by atoms with Gasteiger partial charge in [0.15, 0.2) is 0 Å². The van der Waals surface area contributed by atoms with Gasteiger partial charge < -0.3 is 4.90 Å². The molecule has 1 saturated heterocycles. The van der Waals surface area contributed by atoms with E-state index >= 15 is 0 Å². The molecule has 1 heterocycles. The summed E-state index contributed by atoms with van der Waals surface area (Å²) in [5, 5.41) is 0. The Morgan fingerprint density at radius 3 is 1.75 bits per heavy atom. The van der Waals surface area contributed by atoms with E-state index in [0.29, 0.717) is 18.6 Å². The quantitative estimate of drug-likeness (QED) is 0.721. The Morgan fingerprint density at radius 1 is 0.900 bits per heavy atom. The van der Waals surface area contributed by atoms with Crippen LogP contribution in [0.4, 0.5) is 32.0 Å². The van der Waals surface area contributed by atoms with Gasteiger partial charge in [0.1, 0.15) is 0 Å². The number of halogens is 6. The van der Waals surface area contributed by atoms with E-state index in [4.69, 9.17) is 0 Å². The number of hydrogen-bond donors (Lipinski definition) is 0. The van der Waals surface area contributed by atoms with Gasteiger partial charge in [0.2, 0.25) is 5.91 Å². The first kappa shape index (κ1) is 14.7. The molecule has 0 aromatic heterocycles. The number of alkyl halides is 6. The van der Waals surface area contributed by atoms with E-state index in [0.717, 1.165) is 4.90 Å². The minimum Gasteiger partial charge on any atom is -0.312 e. The highest BCUT2D eigenvalue weighted by Crippen LogP contribution is 2.39. The third-order valence-electron chi connectivity index (χ3n) is 2.96. The predicted octanol–water partition coefficient (Wildman–Crippen LogP) is 3.85. The SMILES string of the molecule is O=C1CCCN1c1cc(C(F)(F)F)cc(C(F)(F)F)c1. The lowest BCUT2D eigenvalue weighted by Crippen LogP contribution is -2.25. The van der Waals surface area contributed by atoms with Crippen LogP contribution >= 0.6 is 0 Å². The fraction of sp³-hybridized carbons (Fsp3) is 0.417. The van der Waals surface area contributed by atoms with E-state index in [9.17, 15) is 31.1 Å². The molecule has 110 valence electrons. The minimum absolute atomic E-state index is 0.0457. The summed E-state index contributed by atoms with van der Waals surface area (Å²) >= 11 is 0. The Labute approximate surface area is 110 Å². The molecule has 1 aliphatic heterocycles. The zero-order chi connectivity index (χ0) is 15.1. The van der Waals surface area contributed by atoms with E-state index in [-0.39, 0.29) is 24.7 Å². The molecule has 0 N–H and O–H groups in total. The summed E-state index contributed by atoms with van der Waals surface area (Å²) in [5.74, 6) is -0.475. The van der Waals surface area contributed by atoms with Gasteiger partial charge in [-0.25, -0.2) is 0 Å². The van der Waals surface area contributed by atoms with Crippen LogP contribution in [0.15, 0.2) is 18.2 Å². The van der Waals surface area contributed by atoms with E-state index in [1.807, 2.05) is 0 Å². The third-order valence-corrected chi connectivity index (χ3v) is 2.96. The minimum atomic E-state index is -4.90. The van der Waals surface area contributed by atoms with Gasteiger partial charge in [-0.3, -0.25) is 4.79 Å². The van der Waals surface area contributed by atoms with E-state index < -0.39 is 29.4 Å². The molecule has 1 aromatic rings. The van der Waals surface area contributed by atoms with Crippen LogP contribution in [-0.2, 0) is 17.1 Å². The maximum Gasteiger partial charge on any atom is 0.416 e. The van der Waals surface area contributed by atoms with Crippen molar-refractivity contribution in [1.29, 1.82) is 0 Å². The molecule has 2 nitrogen and oxygen atoms in total. The lowest BCUT2D eigenvalue weighted by Gasteiger charge is -2.20. The van der Waals surface area contributed by atoms with E-state index in [1.54, 1.807) is 0 Å². The first-order valence-electron chi connectivity index (χ1n) is 5.69. The van der Waals surface area contributed by atoms with E-state index in [2.05, 4.69) is 0 Å². The van der Waals surface area contributed by atoms with Crippen molar-refractivity contribution in [2.45, 2.75) is 25.2 Å². The molecule has 0 bridgehead atoms. The van der Waals surface area contributed by atoms with Crippen molar-refractivity contribution in [2.24, 2.45) is 0 Å². The standard InChI is InChI=1S/C12H9F6NO/c13-11(14,15)7-4-8(12(16,17)18)6-9(5-7)19-3-1-2-10(19)20/h4-6H,1-3H2. The summed E-state index contributed by atoms with van der Waals surface area (Å²) in [6.45, 7) is 0.122. The number of nitrogens with zero attached hydrogens (tertiary/aromatic N) is 1. The van der Waals surface area contributed by atoms with Crippen LogP contribution in [0.1, 0.15) is 24.0 Å². The van der Waals surface area contributed by atoms with Gasteiger partial charge in [0, 0.05) is 18.7 Å². The second-order valence-corrected chi connectivity index (χ2v) is 4.41. The summed E-state index contributed by atoms with van der Waals surface area (Å²) in [5.41, 5.74) is -3.20. The van der Waals surface area contributed by atoms with Crippen molar-refractivity contribution in [3.8, 4) is 0 Å². The Morgan fingerprint density at radius 2 is 1.40 bits per heavy atom. The number of amides is 1. The lowest BCUT2D eigenvalue weighted by atomic mass is 10.1. The normalized spacial score (nSPS) is 16.9. The second kappa shape index (κ2) is 4.68. The molecule has 1 aromatic carbocycles.